The fourth-order valence-corrected chi connectivity index (χ4v) is 2.91. The number of ether oxygens (including phenoxy) is 1. The second-order valence-corrected chi connectivity index (χ2v) is 5.39. The molecule has 3 heterocycles. The van der Waals surface area contributed by atoms with Gasteiger partial charge in [-0.15, -0.1) is 0 Å². The molecular weight excluding hydrogens is 238 g/mol. The SMILES string of the molecule is CCC1Cc2ccc(N3CCOCC3)nc2CCN1. The van der Waals surface area contributed by atoms with E-state index in [-0.39, 0.29) is 0 Å². The van der Waals surface area contributed by atoms with Gasteiger partial charge in [-0.25, -0.2) is 4.98 Å². The van der Waals surface area contributed by atoms with Crippen LogP contribution in [0.5, 0.6) is 0 Å². The molecule has 1 saturated heterocycles. The highest BCUT2D eigenvalue weighted by Gasteiger charge is 2.18. The van der Waals surface area contributed by atoms with Gasteiger partial charge >= 0.3 is 0 Å². The van der Waals surface area contributed by atoms with E-state index in [4.69, 9.17) is 9.72 Å². The number of morpholine rings is 1. The topological polar surface area (TPSA) is 37.4 Å². The van der Waals surface area contributed by atoms with Crippen LogP contribution in [0.15, 0.2) is 12.1 Å². The molecule has 19 heavy (non-hydrogen) atoms. The van der Waals surface area contributed by atoms with E-state index in [0.717, 1.165) is 51.5 Å². The summed E-state index contributed by atoms with van der Waals surface area (Å²) in [6.07, 6.45) is 3.34. The number of anilines is 1. The number of hydrogen-bond acceptors (Lipinski definition) is 4. The molecule has 0 spiro atoms. The quantitative estimate of drug-likeness (QED) is 0.873. The van der Waals surface area contributed by atoms with Crippen LogP contribution in [0.3, 0.4) is 0 Å². The number of nitrogens with zero attached hydrogens (tertiary/aromatic N) is 2. The summed E-state index contributed by atoms with van der Waals surface area (Å²) in [5.74, 6) is 1.12. The van der Waals surface area contributed by atoms with Crippen molar-refractivity contribution in [2.75, 3.05) is 37.7 Å². The molecule has 1 atom stereocenters. The van der Waals surface area contributed by atoms with Gasteiger partial charge in [0.25, 0.3) is 0 Å². The summed E-state index contributed by atoms with van der Waals surface area (Å²) < 4.78 is 5.40. The Morgan fingerprint density at radius 1 is 1.37 bits per heavy atom. The lowest BCUT2D eigenvalue weighted by molar-refractivity contribution is 0.122. The van der Waals surface area contributed by atoms with Gasteiger partial charge in [0, 0.05) is 37.8 Å². The maximum absolute atomic E-state index is 5.40. The van der Waals surface area contributed by atoms with Crippen molar-refractivity contribution in [3.8, 4) is 0 Å². The summed E-state index contributed by atoms with van der Waals surface area (Å²) in [4.78, 5) is 7.23. The molecule has 104 valence electrons. The van der Waals surface area contributed by atoms with Gasteiger partial charge in [0.05, 0.1) is 13.2 Å². The summed E-state index contributed by atoms with van der Waals surface area (Å²) in [5, 5.41) is 3.60. The first-order valence-electron chi connectivity index (χ1n) is 7.41. The Bertz CT molecular complexity index is 429. The van der Waals surface area contributed by atoms with Gasteiger partial charge in [-0.3, -0.25) is 0 Å². The van der Waals surface area contributed by atoms with Crippen LogP contribution in [0.2, 0.25) is 0 Å². The Morgan fingerprint density at radius 3 is 3.00 bits per heavy atom. The minimum atomic E-state index is 0.609. The third-order valence-corrected chi connectivity index (χ3v) is 4.14. The molecular formula is C15H23N3O. The maximum Gasteiger partial charge on any atom is 0.128 e. The molecule has 1 aromatic heterocycles. The fraction of sp³-hybridized carbons (Fsp3) is 0.667. The van der Waals surface area contributed by atoms with Gasteiger partial charge in [0.15, 0.2) is 0 Å². The highest BCUT2D eigenvalue weighted by Crippen LogP contribution is 2.20. The van der Waals surface area contributed by atoms with Crippen molar-refractivity contribution in [2.45, 2.75) is 32.2 Å². The molecule has 1 N–H and O–H groups in total. The lowest BCUT2D eigenvalue weighted by Gasteiger charge is -2.28. The van der Waals surface area contributed by atoms with Gasteiger partial charge in [0.1, 0.15) is 5.82 Å². The van der Waals surface area contributed by atoms with Gasteiger partial charge in [-0.2, -0.15) is 0 Å². The number of fused-ring (bicyclic) bond motifs is 1. The molecule has 0 amide bonds. The smallest absolute Gasteiger partial charge is 0.128 e. The molecule has 2 aliphatic heterocycles. The number of rotatable bonds is 2. The van der Waals surface area contributed by atoms with E-state index in [1.807, 2.05) is 0 Å². The second-order valence-electron chi connectivity index (χ2n) is 5.39. The Hall–Kier alpha value is -1.13. The van der Waals surface area contributed by atoms with Crippen molar-refractivity contribution >= 4 is 5.82 Å². The lowest BCUT2D eigenvalue weighted by atomic mass is 10.0. The van der Waals surface area contributed by atoms with Gasteiger partial charge in [-0.1, -0.05) is 13.0 Å². The van der Waals surface area contributed by atoms with Crippen molar-refractivity contribution in [3.05, 3.63) is 23.4 Å². The van der Waals surface area contributed by atoms with E-state index in [1.165, 1.54) is 17.7 Å². The van der Waals surface area contributed by atoms with Gasteiger partial charge < -0.3 is 15.0 Å². The molecule has 4 nitrogen and oxygen atoms in total. The zero-order valence-electron chi connectivity index (χ0n) is 11.7. The Balaban J connectivity index is 1.80. The number of aromatic nitrogens is 1. The number of hydrogen-bond donors (Lipinski definition) is 1. The molecule has 0 radical (unpaired) electrons. The molecule has 1 unspecified atom stereocenters. The zero-order chi connectivity index (χ0) is 13.1. The van der Waals surface area contributed by atoms with Crippen LogP contribution in [0.1, 0.15) is 24.6 Å². The van der Waals surface area contributed by atoms with Crippen molar-refractivity contribution in [1.82, 2.24) is 10.3 Å². The molecule has 0 aromatic carbocycles. The minimum absolute atomic E-state index is 0.609. The largest absolute Gasteiger partial charge is 0.378 e. The third-order valence-electron chi connectivity index (χ3n) is 4.14. The van der Waals surface area contributed by atoms with E-state index in [0.29, 0.717) is 6.04 Å². The van der Waals surface area contributed by atoms with E-state index in [2.05, 4.69) is 29.3 Å². The van der Waals surface area contributed by atoms with Crippen LogP contribution in [0.25, 0.3) is 0 Å². The van der Waals surface area contributed by atoms with Crippen LogP contribution in [-0.2, 0) is 17.6 Å². The van der Waals surface area contributed by atoms with E-state index >= 15 is 0 Å². The lowest BCUT2D eigenvalue weighted by Crippen LogP contribution is -2.36. The minimum Gasteiger partial charge on any atom is -0.378 e. The van der Waals surface area contributed by atoms with Gasteiger partial charge in [-0.05, 0) is 24.5 Å². The molecule has 4 heteroatoms. The standard InChI is InChI=1S/C15H23N3O/c1-2-13-11-12-3-4-15(17-14(12)5-6-16-13)18-7-9-19-10-8-18/h3-4,13,16H,2,5-11H2,1H3. The van der Waals surface area contributed by atoms with Crippen molar-refractivity contribution in [1.29, 1.82) is 0 Å². The molecule has 0 saturated carbocycles. The number of nitrogens with one attached hydrogen (secondary N) is 1. The molecule has 3 rings (SSSR count). The first kappa shape index (κ1) is 12.9. The second kappa shape index (κ2) is 5.88. The highest BCUT2D eigenvalue weighted by molar-refractivity contribution is 5.43. The fourth-order valence-electron chi connectivity index (χ4n) is 2.91. The summed E-state index contributed by atoms with van der Waals surface area (Å²) in [5.41, 5.74) is 2.71. The van der Waals surface area contributed by atoms with E-state index < -0.39 is 0 Å². The van der Waals surface area contributed by atoms with Crippen LogP contribution in [0, 0.1) is 0 Å². The number of pyridine rings is 1. The maximum atomic E-state index is 5.40. The predicted molar refractivity (Wildman–Crippen MR) is 76.8 cm³/mol. The summed E-state index contributed by atoms with van der Waals surface area (Å²) in [7, 11) is 0. The summed E-state index contributed by atoms with van der Waals surface area (Å²) in [6, 6.07) is 5.07. The molecule has 0 aliphatic carbocycles. The third kappa shape index (κ3) is 2.90. The average Bonchev–Trinajstić information content (AvgIpc) is 2.69. The van der Waals surface area contributed by atoms with Crippen molar-refractivity contribution < 1.29 is 4.74 Å². The Kier molecular flexibility index (Phi) is 3.99. The van der Waals surface area contributed by atoms with E-state index in [1.54, 1.807) is 0 Å². The molecule has 1 aromatic rings. The van der Waals surface area contributed by atoms with Crippen molar-refractivity contribution in [3.63, 3.8) is 0 Å². The average molecular weight is 261 g/mol. The molecule has 2 aliphatic rings. The summed E-state index contributed by atoms with van der Waals surface area (Å²) in [6.45, 7) is 6.85. The van der Waals surface area contributed by atoms with Crippen LogP contribution in [-0.4, -0.2) is 43.9 Å². The Morgan fingerprint density at radius 2 is 2.21 bits per heavy atom. The zero-order valence-corrected chi connectivity index (χ0v) is 11.7. The van der Waals surface area contributed by atoms with Crippen molar-refractivity contribution in [2.24, 2.45) is 0 Å². The first-order valence-corrected chi connectivity index (χ1v) is 7.41. The predicted octanol–water partition coefficient (Wildman–Crippen LogP) is 1.39. The molecule has 1 fully saturated rings. The van der Waals surface area contributed by atoms with Crippen LogP contribution in [0.4, 0.5) is 5.82 Å². The highest BCUT2D eigenvalue weighted by atomic mass is 16.5. The normalized spacial score (nSPS) is 23.8. The van der Waals surface area contributed by atoms with Crippen LogP contribution < -0.4 is 10.2 Å². The van der Waals surface area contributed by atoms with Crippen LogP contribution >= 0.6 is 0 Å². The Labute approximate surface area is 115 Å². The first-order chi connectivity index (χ1) is 9.36. The molecule has 0 bridgehead atoms. The van der Waals surface area contributed by atoms with E-state index in [9.17, 15) is 0 Å². The van der Waals surface area contributed by atoms with Gasteiger partial charge in [0.2, 0.25) is 0 Å². The summed E-state index contributed by atoms with van der Waals surface area (Å²) >= 11 is 0. The monoisotopic (exact) mass is 261 g/mol.